The molecule has 5 nitrogen and oxygen atoms in total. The molecule has 1 fully saturated rings. The van der Waals surface area contributed by atoms with E-state index in [1.54, 1.807) is 17.0 Å². The maximum absolute atomic E-state index is 12.5. The molecule has 1 aromatic carbocycles. The quantitative estimate of drug-likeness (QED) is 0.874. The third-order valence-corrected chi connectivity index (χ3v) is 3.83. The summed E-state index contributed by atoms with van der Waals surface area (Å²) in [4.78, 5) is 14.2. The molecule has 130 valence electrons. The van der Waals surface area contributed by atoms with Crippen molar-refractivity contribution in [3.8, 4) is 11.5 Å². The lowest BCUT2D eigenvalue weighted by molar-refractivity contribution is 0.0790. The molecular formula is C16H24Cl2N2O3. The van der Waals surface area contributed by atoms with E-state index in [1.165, 1.54) is 7.11 Å². The molecular weight excluding hydrogens is 339 g/mol. The molecule has 1 aliphatic rings. The summed E-state index contributed by atoms with van der Waals surface area (Å²) in [6, 6.07) is 3.36. The first-order valence-electron chi connectivity index (χ1n) is 7.47. The first kappa shape index (κ1) is 19.9. The molecule has 1 aromatic rings. The monoisotopic (exact) mass is 362 g/mol. The van der Waals surface area contributed by atoms with Gasteiger partial charge in [-0.2, -0.15) is 0 Å². The number of carbonyl (C=O) groups excluding carboxylic acids is 1. The molecule has 0 spiro atoms. The summed E-state index contributed by atoms with van der Waals surface area (Å²) in [6.07, 6.45) is 0.826. The Balaban J connectivity index is 0.00000264. The number of nitrogens with zero attached hydrogens (tertiary/aromatic N) is 1. The van der Waals surface area contributed by atoms with E-state index in [0.29, 0.717) is 47.7 Å². The molecule has 2 N–H and O–H groups in total. The maximum atomic E-state index is 12.5. The highest BCUT2D eigenvalue weighted by Crippen LogP contribution is 2.37. The van der Waals surface area contributed by atoms with Crippen LogP contribution in [0.1, 0.15) is 30.6 Å². The molecule has 0 bridgehead atoms. The number of halogens is 2. The molecule has 0 aliphatic carbocycles. The minimum absolute atomic E-state index is 0. The average Bonchev–Trinajstić information content (AvgIpc) is 2.90. The molecule has 1 atom stereocenters. The number of carbonyl (C=O) groups is 1. The highest BCUT2D eigenvalue weighted by Gasteiger charge is 2.26. The summed E-state index contributed by atoms with van der Waals surface area (Å²) in [5, 5.41) is 0.381. The Hall–Kier alpha value is -1.17. The fourth-order valence-corrected chi connectivity index (χ4v) is 2.65. The second-order valence-corrected chi connectivity index (χ2v) is 6.40. The van der Waals surface area contributed by atoms with Crippen LogP contribution in [0.3, 0.4) is 0 Å². The Morgan fingerprint density at radius 1 is 1.48 bits per heavy atom. The fourth-order valence-electron chi connectivity index (χ4n) is 2.39. The van der Waals surface area contributed by atoms with Gasteiger partial charge in [-0.1, -0.05) is 25.4 Å². The highest BCUT2D eigenvalue weighted by molar-refractivity contribution is 6.32. The van der Waals surface area contributed by atoms with Crippen LogP contribution in [0.4, 0.5) is 0 Å². The Morgan fingerprint density at radius 2 is 2.17 bits per heavy atom. The van der Waals surface area contributed by atoms with Gasteiger partial charge < -0.3 is 20.1 Å². The van der Waals surface area contributed by atoms with E-state index in [2.05, 4.69) is 13.8 Å². The minimum atomic E-state index is -0.0800. The first-order chi connectivity index (χ1) is 10.4. The van der Waals surface area contributed by atoms with Crippen molar-refractivity contribution in [2.24, 2.45) is 11.7 Å². The maximum Gasteiger partial charge on any atom is 0.254 e. The van der Waals surface area contributed by atoms with Crippen LogP contribution < -0.4 is 15.2 Å². The molecule has 7 heteroatoms. The third kappa shape index (κ3) is 4.90. The third-order valence-electron chi connectivity index (χ3n) is 3.55. The highest BCUT2D eigenvalue weighted by atomic mass is 35.5. The van der Waals surface area contributed by atoms with E-state index in [-0.39, 0.29) is 24.4 Å². The van der Waals surface area contributed by atoms with E-state index >= 15 is 0 Å². The number of amides is 1. The Bertz CT molecular complexity index is 552. The van der Waals surface area contributed by atoms with Crippen LogP contribution >= 0.6 is 24.0 Å². The van der Waals surface area contributed by atoms with Crippen molar-refractivity contribution in [1.82, 2.24) is 4.90 Å². The molecule has 1 aliphatic heterocycles. The lowest BCUT2D eigenvalue weighted by Gasteiger charge is -2.18. The van der Waals surface area contributed by atoms with Crippen LogP contribution in [0.25, 0.3) is 0 Å². The van der Waals surface area contributed by atoms with Crippen molar-refractivity contribution in [3.63, 3.8) is 0 Å². The summed E-state index contributed by atoms with van der Waals surface area (Å²) < 4.78 is 11.0. The average molecular weight is 363 g/mol. The zero-order valence-corrected chi connectivity index (χ0v) is 15.2. The number of rotatable bonds is 5. The van der Waals surface area contributed by atoms with E-state index < -0.39 is 0 Å². The number of benzene rings is 1. The van der Waals surface area contributed by atoms with Crippen molar-refractivity contribution < 1.29 is 14.3 Å². The Morgan fingerprint density at radius 3 is 2.70 bits per heavy atom. The Labute approximate surface area is 148 Å². The number of methoxy groups -OCH3 is 1. The van der Waals surface area contributed by atoms with Crippen LogP contribution in [0, 0.1) is 5.92 Å². The van der Waals surface area contributed by atoms with Crippen molar-refractivity contribution in [3.05, 3.63) is 22.7 Å². The van der Waals surface area contributed by atoms with Crippen LogP contribution in [0.5, 0.6) is 11.5 Å². The van der Waals surface area contributed by atoms with Crippen LogP contribution in [0.2, 0.25) is 5.02 Å². The summed E-state index contributed by atoms with van der Waals surface area (Å²) in [5.41, 5.74) is 6.35. The molecule has 0 unspecified atom stereocenters. The van der Waals surface area contributed by atoms with Crippen LogP contribution in [-0.2, 0) is 0 Å². The zero-order chi connectivity index (χ0) is 16.3. The van der Waals surface area contributed by atoms with Gasteiger partial charge in [-0.05, 0) is 24.5 Å². The zero-order valence-electron chi connectivity index (χ0n) is 13.7. The molecule has 1 amide bonds. The molecule has 0 aromatic heterocycles. The van der Waals surface area contributed by atoms with Gasteiger partial charge >= 0.3 is 0 Å². The summed E-state index contributed by atoms with van der Waals surface area (Å²) >= 11 is 6.28. The molecule has 1 heterocycles. The Kier molecular flexibility index (Phi) is 7.45. The van der Waals surface area contributed by atoms with Crippen molar-refractivity contribution in [2.75, 3.05) is 26.8 Å². The second-order valence-electron chi connectivity index (χ2n) is 5.99. The minimum Gasteiger partial charge on any atom is -0.493 e. The van der Waals surface area contributed by atoms with Gasteiger partial charge in [-0.3, -0.25) is 4.79 Å². The number of hydrogen-bond acceptors (Lipinski definition) is 4. The van der Waals surface area contributed by atoms with Gasteiger partial charge in [-0.15, -0.1) is 12.4 Å². The number of ether oxygens (including phenoxy) is 2. The molecule has 1 saturated heterocycles. The lowest BCUT2D eigenvalue weighted by atomic mass is 10.1. The van der Waals surface area contributed by atoms with Gasteiger partial charge in [0.15, 0.2) is 11.5 Å². The SMILES string of the molecule is COc1cc(C(=O)N2CC[C@@H](N)C2)cc(Cl)c1OCC(C)C.Cl. The van der Waals surface area contributed by atoms with Crippen LogP contribution in [0.15, 0.2) is 12.1 Å². The van der Waals surface area contributed by atoms with Crippen molar-refractivity contribution >= 4 is 29.9 Å². The predicted molar refractivity (Wildman–Crippen MR) is 94.1 cm³/mol. The number of hydrogen-bond donors (Lipinski definition) is 1. The predicted octanol–water partition coefficient (Wildman–Crippen LogP) is 2.98. The van der Waals surface area contributed by atoms with E-state index in [0.717, 1.165) is 6.42 Å². The topological polar surface area (TPSA) is 64.8 Å². The number of nitrogens with two attached hydrogens (primary N) is 1. The summed E-state index contributed by atoms with van der Waals surface area (Å²) in [5.74, 6) is 1.24. The van der Waals surface area contributed by atoms with E-state index in [9.17, 15) is 4.79 Å². The normalized spacial score (nSPS) is 17.1. The lowest BCUT2D eigenvalue weighted by Crippen LogP contribution is -2.31. The second kappa shape index (κ2) is 8.62. The van der Waals surface area contributed by atoms with Gasteiger partial charge in [-0.25, -0.2) is 0 Å². The number of likely N-dealkylation sites (tertiary alicyclic amines) is 1. The van der Waals surface area contributed by atoms with Crippen molar-refractivity contribution in [1.29, 1.82) is 0 Å². The largest absolute Gasteiger partial charge is 0.493 e. The van der Waals surface area contributed by atoms with Gasteiger partial charge in [0.2, 0.25) is 0 Å². The van der Waals surface area contributed by atoms with Gasteiger partial charge in [0.1, 0.15) is 0 Å². The van der Waals surface area contributed by atoms with Crippen LogP contribution in [-0.4, -0.2) is 43.7 Å². The summed E-state index contributed by atoms with van der Waals surface area (Å²) in [7, 11) is 1.54. The first-order valence-corrected chi connectivity index (χ1v) is 7.85. The molecule has 0 saturated carbocycles. The van der Waals surface area contributed by atoms with Crippen molar-refractivity contribution in [2.45, 2.75) is 26.3 Å². The summed E-state index contributed by atoms with van der Waals surface area (Å²) in [6.45, 7) is 5.88. The van der Waals surface area contributed by atoms with Gasteiger partial charge in [0.05, 0.1) is 18.7 Å². The van der Waals surface area contributed by atoms with E-state index in [4.69, 9.17) is 26.8 Å². The molecule has 23 heavy (non-hydrogen) atoms. The van der Waals surface area contributed by atoms with E-state index in [1.807, 2.05) is 0 Å². The fraction of sp³-hybridized carbons (Fsp3) is 0.562. The standard InChI is InChI=1S/C16H23ClN2O3.ClH/c1-10(2)9-22-15-13(17)6-11(7-14(15)21-3)16(20)19-5-4-12(18)8-19;/h6-7,10,12H,4-5,8-9,18H2,1-3H3;1H/t12-;/m1./s1. The van der Waals surface area contributed by atoms with Gasteiger partial charge in [0, 0.05) is 24.7 Å². The molecule has 2 rings (SSSR count). The molecule has 0 radical (unpaired) electrons. The smallest absolute Gasteiger partial charge is 0.254 e. The van der Waals surface area contributed by atoms with Gasteiger partial charge in [0.25, 0.3) is 5.91 Å².